The Kier molecular flexibility index (Phi) is 5.98. The van der Waals surface area contributed by atoms with Gasteiger partial charge in [0.2, 0.25) is 0 Å². The third-order valence-electron chi connectivity index (χ3n) is 1.34. The fraction of sp³-hybridized carbons (Fsp3) is 0.600. The summed E-state index contributed by atoms with van der Waals surface area (Å²) in [7, 11) is 0. The SMILES string of the molecule is C[Si](Cl)(Cl)C=C([Si](C)(Cl)Cl)[Si](C)(Cl)Cl. The van der Waals surface area contributed by atoms with E-state index in [-0.39, 0.29) is 0 Å². The van der Waals surface area contributed by atoms with Crippen molar-refractivity contribution in [2.75, 3.05) is 0 Å². The summed E-state index contributed by atoms with van der Waals surface area (Å²) < 4.78 is 0. The molecule has 0 aromatic rings. The van der Waals surface area contributed by atoms with Crippen molar-refractivity contribution < 1.29 is 0 Å². The van der Waals surface area contributed by atoms with Gasteiger partial charge < -0.3 is 0 Å². The lowest BCUT2D eigenvalue weighted by molar-refractivity contribution is 1.97. The van der Waals surface area contributed by atoms with Gasteiger partial charge in [0.15, 0.2) is 0 Å². The molecule has 0 spiro atoms. The minimum atomic E-state index is -2.56. The van der Waals surface area contributed by atoms with Crippen molar-refractivity contribution in [2.45, 2.75) is 19.6 Å². The van der Waals surface area contributed by atoms with Crippen LogP contribution in [0.25, 0.3) is 0 Å². The van der Waals surface area contributed by atoms with Crippen molar-refractivity contribution in [3.05, 3.63) is 10.5 Å². The second kappa shape index (κ2) is 5.19. The van der Waals surface area contributed by atoms with Crippen LogP contribution in [-0.2, 0) is 0 Å². The molecule has 14 heavy (non-hydrogen) atoms. The number of halogens is 6. The van der Waals surface area contributed by atoms with Crippen LogP contribution in [0.15, 0.2) is 10.5 Å². The first kappa shape index (κ1) is 16.1. The Bertz CT molecular complexity index is 215. The molecule has 0 rings (SSSR count). The first-order chi connectivity index (χ1) is 5.84. The summed E-state index contributed by atoms with van der Waals surface area (Å²) in [6.07, 6.45) is 0. The zero-order valence-electron chi connectivity index (χ0n) is 7.85. The van der Waals surface area contributed by atoms with Crippen LogP contribution in [0.1, 0.15) is 0 Å². The van der Waals surface area contributed by atoms with Gasteiger partial charge in [-0.3, -0.25) is 0 Å². The van der Waals surface area contributed by atoms with Crippen molar-refractivity contribution in [3.8, 4) is 0 Å². The first-order valence-corrected chi connectivity index (χ1v) is 17.4. The largest absolute Gasteiger partial charge is 0.272 e. The molecule has 0 nitrogen and oxygen atoms in total. The highest BCUT2D eigenvalue weighted by Crippen LogP contribution is 2.38. The Balaban J connectivity index is 5.26. The van der Waals surface area contributed by atoms with Gasteiger partial charge in [-0.15, -0.1) is 66.5 Å². The van der Waals surface area contributed by atoms with Gasteiger partial charge in [-0.05, 0) is 24.5 Å². The average molecular weight is 367 g/mol. The Hall–Kier alpha value is 2.13. The van der Waals surface area contributed by atoms with Crippen molar-refractivity contribution in [1.29, 1.82) is 0 Å². The van der Waals surface area contributed by atoms with Gasteiger partial charge in [0, 0.05) is 0 Å². The third-order valence-corrected chi connectivity index (χ3v) is 12.9. The predicted molar refractivity (Wildman–Crippen MR) is 78.1 cm³/mol. The summed E-state index contributed by atoms with van der Waals surface area (Å²) in [4.78, 5) is 0.691. The van der Waals surface area contributed by atoms with Crippen LogP contribution in [0.3, 0.4) is 0 Å². The minimum absolute atomic E-state index is 0.691. The molecule has 0 saturated carbocycles. The van der Waals surface area contributed by atoms with E-state index in [0.717, 1.165) is 0 Å². The van der Waals surface area contributed by atoms with Gasteiger partial charge in [0.1, 0.15) is 0 Å². The van der Waals surface area contributed by atoms with Crippen LogP contribution in [-0.4, -0.2) is 20.1 Å². The molecular weight excluding hydrogens is 357 g/mol. The lowest BCUT2D eigenvalue weighted by Gasteiger charge is -2.24. The van der Waals surface area contributed by atoms with Crippen LogP contribution in [0.5, 0.6) is 0 Å². The molecule has 0 aliphatic rings. The molecule has 0 fully saturated rings. The highest BCUT2D eigenvalue weighted by Gasteiger charge is 2.42. The predicted octanol–water partition coefficient (Wildman–Crippen LogP) is 5.18. The number of hydrogen-bond acceptors (Lipinski definition) is 0. The maximum atomic E-state index is 6.10. The van der Waals surface area contributed by atoms with E-state index in [2.05, 4.69) is 0 Å². The molecule has 9 heteroatoms. The Labute approximate surface area is 116 Å². The molecule has 0 heterocycles. The van der Waals surface area contributed by atoms with Crippen molar-refractivity contribution >= 4 is 86.6 Å². The summed E-state index contributed by atoms with van der Waals surface area (Å²) in [5.41, 5.74) is 1.70. The molecule has 84 valence electrons. The molecule has 0 bridgehead atoms. The zero-order valence-corrected chi connectivity index (χ0v) is 15.4. The Morgan fingerprint density at radius 3 is 1.14 bits per heavy atom. The Morgan fingerprint density at radius 2 is 1.07 bits per heavy atom. The van der Waals surface area contributed by atoms with E-state index in [4.69, 9.17) is 66.5 Å². The van der Waals surface area contributed by atoms with Gasteiger partial charge in [0.05, 0.1) is 0 Å². The molecule has 0 N–H and O–H groups in total. The van der Waals surface area contributed by atoms with Crippen LogP contribution < -0.4 is 0 Å². The summed E-state index contributed by atoms with van der Waals surface area (Å²) in [6.45, 7) is -2.32. The van der Waals surface area contributed by atoms with Gasteiger partial charge in [-0.2, -0.15) is 0 Å². The topological polar surface area (TPSA) is 0 Å². The molecular formula is C5H10Cl6Si3. The van der Waals surface area contributed by atoms with Crippen LogP contribution in [0.4, 0.5) is 0 Å². The monoisotopic (exact) mass is 364 g/mol. The van der Waals surface area contributed by atoms with Gasteiger partial charge in [-0.1, -0.05) is 5.70 Å². The molecule has 0 aliphatic carbocycles. The number of hydrogen-bond donors (Lipinski definition) is 0. The highest BCUT2D eigenvalue weighted by atomic mass is 35.7. The fourth-order valence-electron chi connectivity index (χ4n) is 0.892. The normalized spacial score (nSPS) is 14.1. The molecule has 0 radical (unpaired) electrons. The average Bonchev–Trinajstić information content (AvgIpc) is 1.75. The summed E-state index contributed by atoms with van der Waals surface area (Å²) >= 11 is 36.3. The maximum Gasteiger partial charge on any atom is 0.272 e. The van der Waals surface area contributed by atoms with E-state index in [1.54, 1.807) is 25.3 Å². The maximum absolute atomic E-state index is 6.10. The lowest BCUT2D eigenvalue weighted by atomic mass is 11.2. The van der Waals surface area contributed by atoms with Gasteiger partial charge >= 0.3 is 0 Å². The third kappa shape index (κ3) is 6.66. The lowest BCUT2D eigenvalue weighted by Crippen LogP contribution is -2.35. The van der Waals surface area contributed by atoms with Crippen molar-refractivity contribution in [1.82, 2.24) is 0 Å². The van der Waals surface area contributed by atoms with Crippen LogP contribution in [0, 0.1) is 0 Å². The summed E-state index contributed by atoms with van der Waals surface area (Å²) in [6, 6.07) is 0. The molecule has 0 unspecified atom stereocenters. The second-order valence-electron chi connectivity index (χ2n) is 3.29. The van der Waals surface area contributed by atoms with Gasteiger partial charge in [-0.25, -0.2) is 0 Å². The van der Waals surface area contributed by atoms with Crippen LogP contribution in [0.2, 0.25) is 19.6 Å². The van der Waals surface area contributed by atoms with E-state index in [0.29, 0.717) is 4.82 Å². The molecule has 0 amide bonds. The van der Waals surface area contributed by atoms with E-state index >= 15 is 0 Å². The van der Waals surface area contributed by atoms with E-state index in [1.807, 2.05) is 0 Å². The standard InChI is InChI=1S/C5H10Cl6Si3/c1-12(6,7)4-5(13(2,8)9)14(3,10)11/h4H,1-3H3. The quantitative estimate of drug-likeness (QED) is 0.477. The van der Waals surface area contributed by atoms with E-state index in [1.165, 1.54) is 0 Å². The molecule has 0 aromatic carbocycles. The molecule has 0 saturated heterocycles. The molecule has 0 aliphatic heterocycles. The van der Waals surface area contributed by atoms with E-state index in [9.17, 15) is 0 Å². The Morgan fingerprint density at radius 1 is 0.786 bits per heavy atom. The first-order valence-electron chi connectivity index (χ1n) is 3.71. The van der Waals surface area contributed by atoms with Gasteiger partial charge in [0.25, 0.3) is 20.1 Å². The summed E-state index contributed by atoms with van der Waals surface area (Å²) in [5, 5.41) is 0. The van der Waals surface area contributed by atoms with Crippen molar-refractivity contribution in [3.63, 3.8) is 0 Å². The highest BCUT2D eigenvalue weighted by molar-refractivity contribution is 7.62. The minimum Gasteiger partial charge on any atom is -0.141 e. The second-order valence-corrected chi connectivity index (χ2v) is 26.1. The number of rotatable bonds is 3. The van der Waals surface area contributed by atoms with E-state index < -0.39 is 20.1 Å². The van der Waals surface area contributed by atoms with Crippen LogP contribution >= 0.6 is 66.5 Å². The fourth-order valence-corrected chi connectivity index (χ4v) is 20.5. The van der Waals surface area contributed by atoms with Crippen molar-refractivity contribution in [2.24, 2.45) is 0 Å². The zero-order chi connectivity index (χ0) is 11.8. The summed E-state index contributed by atoms with van der Waals surface area (Å²) in [5.74, 6) is 0. The smallest absolute Gasteiger partial charge is 0.141 e. The molecule has 0 aromatic heterocycles. The molecule has 0 atom stereocenters.